The first kappa shape index (κ1) is 22.7. The summed E-state index contributed by atoms with van der Waals surface area (Å²) in [5.74, 6) is -1.53. The summed E-state index contributed by atoms with van der Waals surface area (Å²) >= 11 is 0. The average molecular weight is 459 g/mol. The summed E-state index contributed by atoms with van der Waals surface area (Å²) in [6.45, 7) is 0. The summed E-state index contributed by atoms with van der Waals surface area (Å²) in [5.41, 5.74) is 3.10. The Hall–Kier alpha value is -4.46. The van der Waals surface area contributed by atoms with Gasteiger partial charge in [-0.3, -0.25) is 9.59 Å². The number of carboxylic acids is 1. The molecule has 1 unspecified atom stereocenters. The minimum atomic E-state index is -1.06. The molecule has 0 saturated carbocycles. The van der Waals surface area contributed by atoms with Gasteiger partial charge < -0.3 is 15.2 Å². The summed E-state index contributed by atoms with van der Waals surface area (Å²) in [4.78, 5) is 24.5. The maximum atomic E-state index is 13.2. The van der Waals surface area contributed by atoms with Crippen molar-refractivity contribution in [2.75, 3.05) is 7.11 Å². The van der Waals surface area contributed by atoms with Gasteiger partial charge in [0.05, 0.1) is 25.3 Å². The predicted octanol–water partition coefficient (Wildman–Crippen LogP) is 4.63. The molecule has 1 aromatic heterocycles. The van der Waals surface area contributed by atoms with Crippen molar-refractivity contribution in [3.05, 3.63) is 102 Å². The number of para-hydroxylation sites is 1. The van der Waals surface area contributed by atoms with Crippen molar-refractivity contribution in [1.29, 1.82) is 0 Å². The Labute approximate surface area is 195 Å². The second-order valence-corrected chi connectivity index (χ2v) is 7.57. The minimum absolute atomic E-state index is 0.0963. The van der Waals surface area contributed by atoms with Crippen LogP contribution in [0.2, 0.25) is 0 Å². The number of aromatic nitrogens is 2. The van der Waals surface area contributed by atoms with Crippen LogP contribution in [0, 0.1) is 5.82 Å². The highest BCUT2D eigenvalue weighted by Gasteiger charge is 2.22. The van der Waals surface area contributed by atoms with Gasteiger partial charge in [-0.25, -0.2) is 9.07 Å². The van der Waals surface area contributed by atoms with Crippen molar-refractivity contribution in [3.63, 3.8) is 0 Å². The van der Waals surface area contributed by atoms with Gasteiger partial charge in [-0.1, -0.05) is 54.6 Å². The Bertz CT molecular complexity index is 1290. The summed E-state index contributed by atoms with van der Waals surface area (Å²) in [6, 6.07) is 23.1. The van der Waals surface area contributed by atoms with Crippen molar-refractivity contribution in [2.24, 2.45) is 0 Å². The van der Waals surface area contributed by atoms with Crippen LogP contribution in [0.15, 0.2) is 84.9 Å². The molecule has 4 aromatic rings. The largest absolute Gasteiger partial charge is 0.481 e. The standard InChI is InChI=1S/C26H22FN3O4/c1-34-24-15-23(29-30(24)21-5-3-2-4-6-21)26(33)28-22(16-25(31)32)19-9-7-17(8-10-19)18-11-13-20(27)14-12-18/h2-15,22H,16H2,1H3,(H,28,33)(H,31,32). The Morgan fingerprint density at radius 3 is 2.21 bits per heavy atom. The van der Waals surface area contributed by atoms with Crippen LogP contribution >= 0.6 is 0 Å². The number of hydrogen-bond donors (Lipinski definition) is 2. The van der Waals surface area contributed by atoms with E-state index in [9.17, 15) is 19.1 Å². The number of methoxy groups -OCH3 is 1. The van der Waals surface area contributed by atoms with Gasteiger partial charge in [-0.05, 0) is 41.0 Å². The number of nitrogens with zero attached hydrogens (tertiary/aromatic N) is 2. The number of benzene rings is 3. The number of nitrogens with one attached hydrogen (secondary N) is 1. The molecule has 172 valence electrons. The van der Waals surface area contributed by atoms with Crippen LogP contribution < -0.4 is 10.1 Å². The second-order valence-electron chi connectivity index (χ2n) is 7.57. The number of aliphatic carboxylic acids is 1. The van der Waals surface area contributed by atoms with E-state index < -0.39 is 17.9 Å². The first-order chi connectivity index (χ1) is 16.4. The predicted molar refractivity (Wildman–Crippen MR) is 124 cm³/mol. The van der Waals surface area contributed by atoms with E-state index in [0.29, 0.717) is 11.4 Å². The Morgan fingerprint density at radius 1 is 1.00 bits per heavy atom. The van der Waals surface area contributed by atoms with E-state index in [-0.39, 0.29) is 17.9 Å². The number of hydrogen-bond acceptors (Lipinski definition) is 4. The quantitative estimate of drug-likeness (QED) is 0.401. The van der Waals surface area contributed by atoms with Crippen molar-refractivity contribution < 1.29 is 23.8 Å². The molecule has 34 heavy (non-hydrogen) atoms. The first-order valence-electron chi connectivity index (χ1n) is 10.5. The number of halogens is 1. The van der Waals surface area contributed by atoms with Crippen molar-refractivity contribution in [3.8, 4) is 22.7 Å². The molecule has 0 fully saturated rings. The van der Waals surface area contributed by atoms with E-state index in [1.165, 1.54) is 30.0 Å². The Kier molecular flexibility index (Phi) is 6.68. The number of carbonyl (C=O) groups excluding carboxylic acids is 1. The van der Waals surface area contributed by atoms with E-state index in [2.05, 4.69) is 10.4 Å². The van der Waals surface area contributed by atoms with Crippen molar-refractivity contribution in [1.82, 2.24) is 15.1 Å². The fraction of sp³-hybridized carbons (Fsp3) is 0.115. The van der Waals surface area contributed by atoms with Gasteiger partial charge in [0.2, 0.25) is 5.88 Å². The van der Waals surface area contributed by atoms with Crippen LogP contribution in [0.4, 0.5) is 4.39 Å². The summed E-state index contributed by atoms with van der Waals surface area (Å²) in [7, 11) is 1.48. The van der Waals surface area contributed by atoms with Crippen LogP contribution in [-0.2, 0) is 4.79 Å². The fourth-order valence-electron chi connectivity index (χ4n) is 3.58. The zero-order chi connectivity index (χ0) is 24.1. The number of rotatable bonds is 8. The normalized spacial score (nSPS) is 11.6. The third kappa shape index (κ3) is 5.12. The van der Waals surface area contributed by atoms with Gasteiger partial charge >= 0.3 is 5.97 Å². The summed E-state index contributed by atoms with van der Waals surface area (Å²) in [5, 5.41) is 16.5. The van der Waals surface area contributed by atoms with Crippen LogP contribution in [0.1, 0.15) is 28.5 Å². The molecule has 1 atom stereocenters. The van der Waals surface area contributed by atoms with Gasteiger partial charge in [0, 0.05) is 6.07 Å². The van der Waals surface area contributed by atoms with E-state index in [1.807, 2.05) is 30.3 Å². The third-order valence-electron chi connectivity index (χ3n) is 5.29. The zero-order valence-corrected chi connectivity index (χ0v) is 18.3. The molecule has 1 heterocycles. The monoisotopic (exact) mass is 459 g/mol. The van der Waals surface area contributed by atoms with E-state index in [1.54, 1.807) is 36.4 Å². The number of amides is 1. The van der Waals surface area contributed by atoms with Gasteiger partial charge in [-0.15, -0.1) is 0 Å². The van der Waals surface area contributed by atoms with Crippen LogP contribution in [0.3, 0.4) is 0 Å². The van der Waals surface area contributed by atoms with E-state index in [0.717, 1.165) is 16.8 Å². The van der Waals surface area contributed by atoms with Crippen LogP contribution in [0.25, 0.3) is 16.8 Å². The molecule has 0 saturated heterocycles. The smallest absolute Gasteiger partial charge is 0.305 e. The molecule has 0 aliphatic heterocycles. The molecule has 7 nitrogen and oxygen atoms in total. The van der Waals surface area contributed by atoms with Gasteiger partial charge in [0.1, 0.15) is 5.82 Å². The molecular weight excluding hydrogens is 437 g/mol. The summed E-state index contributed by atoms with van der Waals surface area (Å²) in [6.07, 6.45) is -0.307. The molecule has 4 rings (SSSR count). The fourth-order valence-corrected chi connectivity index (χ4v) is 3.58. The number of carboxylic acid groups (broad SMARTS) is 1. The highest BCUT2D eigenvalue weighted by Crippen LogP contribution is 2.25. The number of ether oxygens (including phenoxy) is 1. The molecule has 8 heteroatoms. The lowest BCUT2D eigenvalue weighted by atomic mass is 9.99. The van der Waals surface area contributed by atoms with Crippen molar-refractivity contribution in [2.45, 2.75) is 12.5 Å². The highest BCUT2D eigenvalue weighted by atomic mass is 19.1. The molecule has 1 amide bonds. The lowest BCUT2D eigenvalue weighted by Gasteiger charge is -2.17. The SMILES string of the molecule is COc1cc(C(=O)NC(CC(=O)O)c2ccc(-c3ccc(F)cc3)cc2)nn1-c1ccccc1. The number of carbonyl (C=O) groups is 2. The minimum Gasteiger partial charge on any atom is -0.481 e. The molecular formula is C26H22FN3O4. The molecule has 0 aliphatic rings. The van der Waals surface area contributed by atoms with Crippen LogP contribution in [-0.4, -0.2) is 33.9 Å². The maximum Gasteiger partial charge on any atom is 0.305 e. The first-order valence-corrected chi connectivity index (χ1v) is 10.5. The van der Waals surface area contributed by atoms with Gasteiger partial charge in [-0.2, -0.15) is 5.10 Å². The van der Waals surface area contributed by atoms with Gasteiger partial charge in [0.25, 0.3) is 5.91 Å². The average Bonchev–Trinajstić information content (AvgIpc) is 3.29. The van der Waals surface area contributed by atoms with Crippen LogP contribution in [0.5, 0.6) is 5.88 Å². The second kappa shape index (κ2) is 9.99. The highest BCUT2D eigenvalue weighted by molar-refractivity contribution is 5.93. The molecule has 0 bridgehead atoms. The zero-order valence-electron chi connectivity index (χ0n) is 18.3. The third-order valence-corrected chi connectivity index (χ3v) is 5.29. The van der Waals surface area contributed by atoms with Crippen molar-refractivity contribution >= 4 is 11.9 Å². The molecule has 0 aliphatic carbocycles. The summed E-state index contributed by atoms with van der Waals surface area (Å²) < 4.78 is 20.0. The van der Waals surface area contributed by atoms with E-state index >= 15 is 0 Å². The molecule has 0 spiro atoms. The topological polar surface area (TPSA) is 93.4 Å². The molecule has 2 N–H and O–H groups in total. The van der Waals surface area contributed by atoms with Gasteiger partial charge in [0.15, 0.2) is 5.69 Å². The Morgan fingerprint density at radius 2 is 1.62 bits per heavy atom. The van der Waals surface area contributed by atoms with E-state index in [4.69, 9.17) is 4.74 Å². The molecule has 3 aromatic carbocycles. The maximum absolute atomic E-state index is 13.2. The molecule has 0 radical (unpaired) electrons. The Balaban J connectivity index is 1.57. The lowest BCUT2D eigenvalue weighted by Crippen LogP contribution is -2.30. The lowest BCUT2D eigenvalue weighted by molar-refractivity contribution is -0.137.